The molecule has 8 heteroatoms. The monoisotopic (exact) mass is 345 g/mol. The fourth-order valence-electron chi connectivity index (χ4n) is 3.42. The lowest BCUT2D eigenvalue weighted by atomic mass is 10.2. The van der Waals surface area contributed by atoms with Crippen molar-refractivity contribution in [3.05, 3.63) is 0 Å². The fraction of sp³-hybridized carbons (Fsp3) is 0.933. The highest BCUT2D eigenvalue weighted by Crippen LogP contribution is 2.26. The number of nitrogens with zero attached hydrogens (tertiary/aromatic N) is 2. The van der Waals surface area contributed by atoms with Crippen molar-refractivity contribution in [2.45, 2.75) is 51.1 Å². The number of rotatable bonds is 7. The minimum absolute atomic E-state index is 0.328. The molecule has 1 saturated carbocycles. The molecule has 1 atom stereocenters. The second-order valence-electron chi connectivity index (χ2n) is 6.49. The van der Waals surface area contributed by atoms with Crippen LogP contribution in [0.5, 0.6) is 0 Å². The van der Waals surface area contributed by atoms with Gasteiger partial charge in [0.25, 0.3) is 0 Å². The minimum atomic E-state index is -3.14. The van der Waals surface area contributed by atoms with Gasteiger partial charge in [-0.15, -0.1) is 0 Å². The molecular formula is C15H31N5O2S. The lowest BCUT2D eigenvalue weighted by molar-refractivity contribution is 0.242. The van der Waals surface area contributed by atoms with E-state index in [0.29, 0.717) is 19.1 Å². The minimum Gasteiger partial charge on any atom is -0.357 e. The average Bonchev–Trinajstić information content (AvgIpc) is 3.13. The summed E-state index contributed by atoms with van der Waals surface area (Å²) in [6, 6.07) is 1.21. The maximum atomic E-state index is 11.0. The molecular weight excluding hydrogens is 314 g/mol. The van der Waals surface area contributed by atoms with E-state index in [1.165, 1.54) is 25.7 Å². The first-order valence-corrected chi connectivity index (χ1v) is 10.6. The van der Waals surface area contributed by atoms with Gasteiger partial charge in [0, 0.05) is 38.3 Å². The summed E-state index contributed by atoms with van der Waals surface area (Å²) in [5.74, 6) is 0.779. The van der Waals surface area contributed by atoms with Gasteiger partial charge in [-0.1, -0.05) is 12.8 Å². The van der Waals surface area contributed by atoms with Crippen LogP contribution in [0.25, 0.3) is 0 Å². The van der Waals surface area contributed by atoms with Crippen LogP contribution in [0.15, 0.2) is 4.99 Å². The zero-order chi connectivity index (χ0) is 16.7. The van der Waals surface area contributed by atoms with Gasteiger partial charge >= 0.3 is 0 Å². The summed E-state index contributed by atoms with van der Waals surface area (Å²) in [5.41, 5.74) is 0. The standard InChI is InChI=1S/C15H31N5O2S/c1-3-16-15(17-9-10-18-23(2,21)22)19-13-8-11-20(12-13)14-6-4-5-7-14/h13-14,18H,3-12H2,1-2H3,(H2,16,17,19). The molecule has 1 aliphatic heterocycles. The summed E-state index contributed by atoms with van der Waals surface area (Å²) < 4.78 is 24.6. The van der Waals surface area contributed by atoms with Gasteiger partial charge in [-0.05, 0) is 26.2 Å². The van der Waals surface area contributed by atoms with Crippen molar-refractivity contribution in [2.24, 2.45) is 4.99 Å². The van der Waals surface area contributed by atoms with Gasteiger partial charge in [-0.3, -0.25) is 9.89 Å². The number of nitrogens with one attached hydrogen (secondary N) is 3. The van der Waals surface area contributed by atoms with Gasteiger partial charge in [0.1, 0.15) is 0 Å². The Balaban J connectivity index is 1.77. The third-order valence-electron chi connectivity index (χ3n) is 4.49. The Labute approximate surface area is 140 Å². The van der Waals surface area contributed by atoms with Crippen LogP contribution in [0.2, 0.25) is 0 Å². The van der Waals surface area contributed by atoms with E-state index >= 15 is 0 Å². The normalized spacial score (nSPS) is 24.3. The molecule has 7 nitrogen and oxygen atoms in total. The van der Waals surface area contributed by atoms with Crippen LogP contribution in [-0.4, -0.2) is 70.3 Å². The van der Waals surface area contributed by atoms with E-state index in [-0.39, 0.29) is 0 Å². The SMILES string of the molecule is CCNC(=NCCNS(C)(=O)=O)NC1CCN(C2CCCC2)C1. The van der Waals surface area contributed by atoms with E-state index in [4.69, 9.17) is 0 Å². The number of sulfonamides is 1. The largest absolute Gasteiger partial charge is 0.357 e. The summed E-state index contributed by atoms with van der Waals surface area (Å²) in [6.45, 7) is 5.83. The van der Waals surface area contributed by atoms with Crippen molar-refractivity contribution < 1.29 is 8.42 Å². The predicted octanol–water partition coefficient (Wildman–Crippen LogP) is 0.108. The van der Waals surface area contributed by atoms with E-state index < -0.39 is 10.0 Å². The number of guanidine groups is 1. The molecule has 0 aromatic heterocycles. The Bertz CT molecular complexity index is 488. The Morgan fingerprint density at radius 1 is 1.26 bits per heavy atom. The first kappa shape index (κ1) is 18.5. The second-order valence-corrected chi connectivity index (χ2v) is 8.32. The highest BCUT2D eigenvalue weighted by atomic mass is 32.2. The Morgan fingerprint density at radius 2 is 2.00 bits per heavy atom. The smallest absolute Gasteiger partial charge is 0.208 e. The number of hydrogen-bond donors (Lipinski definition) is 3. The summed E-state index contributed by atoms with van der Waals surface area (Å²) in [4.78, 5) is 7.06. The Kier molecular flexibility index (Phi) is 7.10. The second kappa shape index (κ2) is 8.84. The molecule has 2 rings (SSSR count). The average molecular weight is 346 g/mol. The molecule has 0 aromatic carbocycles. The Hall–Kier alpha value is -0.860. The quantitative estimate of drug-likeness (QED) is 0.346. The van der Waals surface area contributed by atoms with Gasteiger partial charge < -0.3 is 10.6 Å². The molecule has 1 unspecified atom stereocenters. The molecule has 2 fully saturated rings. The summed E-state index contributed by atoms with van der Waals surface area (Å²) in [5, 5.41) is 6.72. The van der Waals surface area contributed by atoms with Crippen LogP contribution < -0.4 is 15.4 Å². The Morgan fingerprint density at radius 3 is 2.65 bits per heavy atom. The van der Waals surface area contributed by atoms with Crippen molar-refractivity contribution in [3.8, 4) is 0 Å². The lowest BCUT2D eigenvalue weighted by Gasteiger charge is -2.24. The van der Waals surface area contributed by atoms with Crippen LogP contribution in [0.3, 0.4) is 0 Å². The van der Waals surface area contributed by atoms with E-state index in [0.717, 1.165) is 44.3 Å². The molecule has 134 valence electrons. The van der Waals surface area contributed by atoms with Crippen LogP contribution in [0, 0.1) is 0 Å². The van der Waals surface area contributed by atoms with Crippen LogP contribution in [-0.2, 0) is 10.0 Å². The molecule has 1 saturated heterocycles. The molecule has 0 spiro atoms. The summed E-state index contributed by atoms with van der Waals surface area (Å²) in [7, 11) is -3.14. The van der Waals surface area contributed by atoms with E-state index in [2.05, 4.69) is 25.2 Å². The topological polar surface area (TPSA) is 85.8 Å². The van der Waals surface area contributed by atoms with Crippen LogP contribution in [0.1, 0.15) is 39.0 Å². The molecule has 0 bridgehead atoms. The van der Waals surface area contributed by atoms with Gasteiger partial charge in [0.2, 0.25) is 10.0 Å². The molecule has 2 aliphatic rings. The molecule has 0 radical (unpaired) electrons. The third kappa shape index (κ3) is 6.64. The van der Waals surface area contributed by atoms with Crippen molar-refractivity contribution >= 4 is 16.0 Å². The van der Waals surface area contributed by atoms with Crippen molar-refractivity contribution in [1.82, 2.24) is 20.3 Å². The number of likely N-dealkylation sites (tertiary alicyclic amines) is 1. The van der Waals surface area contributed by atoms with E-state index in [1.54, 1.807) is 0 Å². The molecule has 3 N–H and O–H groups in total. The summed E-state index contributed by atoms with van der Waals surface area (Å²) in [6.07, 6.45) is 7.74. The van der Waals surface area contributed by atoms with Crippen LogP contribution >= 0.6 is 0 Å². The lowest BCUT2D eigenvalue weighted by Crippen LogP contribution is -2.45. The maximum Gasteiger partial charge on any atom is 0.208 e. The van der Waals surface area contributed by atoms with Gasteiger partial charge in [-0.25, -0.2) is 13.1 Å². The first-order valence-electron chi connectivity index (χ1n) is 8.71. The van der Waals surface area contributed by atoms with Crippen molar-refractivity contribution in [2.75, 3.05) is 39.0 Å². The molecule has 0 aromatic rings. The van der Waals surface area contributed by atoms with Crippen molar-refractivity contribution in [3.63, 3.8) is 0 Å². The van der Waals surface area contributed by atoms with Crippen LogP contribution in [0.4, 0.5) is 0 Å². The highest BCUT2D eigenvalue weighted by Gasteiger charge is 2.30. The zero-order valence-electron chi connectivity index (χ0n) is 14.3. The number of aliphatic imine (C=N–C) groups is 1. The predicted molar refractivity (Wildman–Crippen MR) is 94.2 cm³/mol. The van der Waals surface area contributed by atoms with Gasteiger partial charge in [0.15, 0.2) is 5.96 Å². The molecule has 1 aliphatic carbocycles. The third-order valence-corrected chi connectivity index (χ3v) is 5.22. The maximum absolute atomic E-state index is 11.0. The summed E-state index contributed by atoms with van der Waals surface area (Å²) >= 11 is 0. The van der Waals surface area contributed by atoms with E-state index in [1.807, 2.05) is 6.92 Å². The van der Waals surface area contributed by atoms with Crippen molar-refractivity contribution in [1.29, 1.82) is 0 Å². The first-order chi connectivity index (χ1) is 11.0. The zero-order valence-corrected chi connectivity index (χ0v) is 15.2. The molecule has 0 amide bonds. The molecule has 1 heterocycles. The van der Waals surface area contributed by atoms with Gasteiger partial charge in [-0.2, -0.15) is 0 Å². The fourth-order valence-corrected chi connectivity index (χ4v) is 3.88. The van der Waals surface area contributed by atoms with Gasteiger partial charge in [0.05, 0.1) is 12.8 Å². The highest BCUT2D eigenvalue weighted by molar-refractivity contribution is 7.88. The molecule has 23 heavy (non-hydrogen) atoms. The van der Waals surface area contributed by atoms with E-state index in [9.17, 15) is 8.42 Å². The number of hydrogen-bond acceptors (Lipinski definition) is 4.